The van der Waals surface area contributed by atoms with E-state index in [-0.39, 0.29) is 5.56 Å². The van der Waals surface area contributed by atoms with Crippen LogP contribution in [-0.4, -0.2) is 6.54 Å². The first-order valence-corrected chi connectivity index (χ1v) is 6.48. The van der Waals surface area contributed by atoms with E-state index in [4.69, 9.17) is 0 Å². The van der Waals surface area contributed by atoms with Gasteiger partial charge >= 0.3 is 0 Å². The molecule has 0 aliphatic rings. The third kappa shape index (κ3) is 4.71. The molecule has 0 amide bonds. The van der Waals surface area contributed by atoms with Gasteiger partial charge in [0.1, 0.15) is 17.5 Å². The summed E-state index contributed by atoms with van der Waals surface area (Å²) in [5, 5.41) is 3.10. The van der Waals surface area contributed by atoms with Crippen molar-refractivity contribution in [2.45, 2.75) is 39.2 Å². The number of benzene rings is 1. The molecule has 0 radical (unpaired) electrons. The minimum Gasteiger partial charge on any atom is -0.310 e. The Bertz CT molecular complexity index is 420. The van der Waals surface area contributed by atoms with Gasteiger partial charge in [0.05, 0.1) is 0 Å². The summed E-state index contributed by atoms with van der Waals surface area (Å²) in [4.78, 5) is 0. The van der Waals surface area contributed by atoms with Crippen molar-refractivity contribution in [1.82, 2.24) is 5.32 Å². The molecule has 19 heavy (non-hydrogen) atoms. The first kappa shape index (κ1) is 15.8. The molecule has 1 nitrogen and oxygen atoms in total. The van der Waals surface area contributed by atoms with Crippen molar-refractivity contribution in [3.05, 3.63) is 47.3 Å². The van der Waals surface area contributed by atoms with Gasteiger partial charge in [-0.05, 0) is 32.7 Å². The Labute approximate surface area is 112 Å². The quantitative estimate of drug-likeness (QED) is 0.720. The third-order valence-electron chi connectivity index (χ3n) is 2.89. The average Bonchev–Trinajstić information content (AvgIpc) is 2.30. The summed E-state index contributed by atoms with van der Waals surface area (Å²) in [6.45, 7) is 8.28. The standard InChI is InChI=1S/C15H20F3N/c1-4-7-19-14(6-5-10(2)3)15-12(17)8-11(16)9-13(15)18/h8-9,14,19H,2,4-7H2,1,3H3. The Morgan fingerprint density at radius 3 is 2.32 bits per heavy atom. The van der Waals surface area contributed by atoms with Crippen LogP contribution in [0.5, 0.6) is 0 Å². The molecule has 1 unspecified atom stereocenters. The number of nitrogens with one attached hydrogen (secondary N) is 1. The number of halogens is 3. The molecule has 0 spiro atoms. The highest BCUT2D eigenvalue weighted by atomic mass is 19.1. The van der Waals surface area contributed by atoms with E-state index in [0.717, 1.165) is 24.1 Å². The lowest BCUT2D eigenvalue weighted by molar-refractivity contribution is 0.439. The van der Waals surface area contributed by atoms with E-state index in [1.165, 1.54) is 0 Å². The lowest BCUT2D eigenvalue weighted by Gasteiger charge is -2.20. The molecule has 0 aliphatic heterocycles. The molecular formula is C15H20F3N. The fourth-order valence-electron chi connectivity index (χ4n) is 1.94. The van der Waals surface area contributed by atoms with E-state index in [2.05, 4.69) is 11.9 Å². The lowest BCUT2D eigenvalue weighted by atomic mass is 9.98. The highest BCUT2D eigenvalue weighted by molar-refractivity contribution is 5.24. The van der Waals surface area contributed by atoms with Crippen LogP contribution in [0.3, 0.4) is 0 Å². The molecule has 0 saturated heterocycles. The lowest BCUT2D eigenvalue weighted by Crippen LogP contribution is -2.24. The second kappa shape index (κ2) is 7.34. The minimum atomic E-state index is -0.895. The predicted octanol–water partition coefficient (Wildman–Crippen LogP) is 4.50. The van der Waals surface area contributed by atoms with Crippen LogP contribution in [0.2, 0.25) is 0 Å². The zero-order chi connectivity index (χ0) is 14.4. The van der Waals surface area contributed by atoms with Crippen LogP contribution in [0.25, 0.3) is 0 Å². The van der Waals surface area contributed by atoms with Crippen molar-refractivity contribution in [2.24, 2.45) is 0 Å². The molecule has 1 rings (SSSR count). The molecule has 1 N–H and O–H groups in total. The van der Waals surface area contributed by atoms with Crippen LogP contribution < -0.4 is 5.32 Å². The van der Waals surface area contributed by atoms with Crippen LogP contribution in [0.15, 0.2) is 24.3 Å². The van der Waals surface area contributed by atoms with Gasteiger partial charge in [-0.2, -0.15) is 0 Å². The van der Waals surface area contributed by atoms with Gasteiger partial charge in [0, 0.05) is 23.7 Å². The Balaban J connectivity index is 2.98. The summed E-state index contributed by atoms with van der Waals surface area (Å²) in [6, 6.07) is 0.983. The molecule has 106 valence electrons. The van der Waals surface area contributed by atoms with Crippen LogP contribution in [0.4, 0.5) is 13.2 Å². The monoisotopic (exact) mass is 271 g/mol. The first-order chi connectivity index (χ1) is 8.95. The second-order valence-corrected chi connectivity index (χ2v) is 4.79. The summed E-state index contributed by atoms with van der Waals surface area (Å²) in [6.07, 6.45) is 2.06. The normalized spacial score (nSPS) is 12.5. The van der Waals surface area contributed by atoms with Gasteiger partial charge < -0.3 is 5.32 Å². The van der Waals surface area contributed by atoms with Crippen LogP contribution in [-0.2, 0) is 0 Å². The Hall–Kier alpha value is -1.29. The average molecular weight is 271 g/mol. The van der Waals surface area contributed by atoms with Gasteiger partial charge in [0.15, 0.2) is 0 Å². The number of rotatable bonds is 7. The molecule has 0 fully saturated rings. The van der Waals surface area contributed by atoms with Gasteiger partial charge in [-0.25, -0.2) is 13.2 Å². The topological polar surface area (TPSA) is 12.0 Å². The second-order valence-electron chi connectivity index (χ2n) is 4.79. The molecule has 0 aliphatic carbocycles. The fraction of sp³-hybridized carbons (Fsp3) is 0.467. The molecule has 0 saturated carbocycles. The molecule has 0 bridgehead atoms. The minimum absolute atomic E-state index is 0.0869. The van der Waals surface area contributed by atoms with Crippen molar-refractivity contribution in [2.75, 3.05) is 6.54 Å². The van der Waals surface area contributed by atoms with Gasteiger partial charge in [0.2, 0.25) is 0 Å². The van der Waals surface area contributed by atoms with Crippen molar-refractivity contribution < 1.29 is 13.2 Å². The SMILES string of the molecule is C=C(C)CCC(NCCC)c1c(F)cc(F)cc1F. The van der Waals surface area contributed by atoms with Crippen molar-refractivity contribution in [3.8, 4) is 0 Å². The van der Waals surface area contributed by atoms with Crippen molar-refractivity contribution in [3.63, 3.8) is 0 Å². The first-order valence-electron chi connectivity index (χ1n) is 6.48. The molecule has 0 aromatic heterocycles. The Morgan fingerprint density at radius 1 is 1.26 bits per heavy atom. The summed E-state index contributed by atoms with van der Waals surface area (Å²) in [5.41, 5.74) is 0.863. The summed E-state index contributed by atoms with van der Waals surface area (Å²) in [7, 11) is 0. The summed E-state index contributed by atoms with van der Waals surface area (Å²) < 4.78 is 40.5. The Kier molecular flexibility index (Phi) is 6.09. The van der Waals surface area contributed by atoms with E-state index in [1.807, 2.05) is 13.8 Å². The zero-order valence-electron chi connectivity index (χ0n) is 11.4. The number of hydrogen-bond acceptors (Lipinski definition) is 1. The van der Waals surface area contributed by atoms with Gasteiger partial charge in [-0.1, -0.05) is 12.5 Å². The summed E-state index contributed by atoms with van der Waals surface area (Å²) >= 11 is 0. The van der Waals surface area contributed by atoms with E-state index >= 15 is 0 Å². The predicted molar refractivity (Wildman–Crippen MR) is 71.4 cm³/mol. The van der Waals surface area contributed by atoms with E-state index < -0.39 is 23.5 Å². The van der Waals surface area contributed by atoms with E-state index in [0.29, 0.717) is 19.4 Å². The number of hydrogen-bond donors (Lipinski definition) is 1. The molecule has 1 aromatic carbocycles. The summed E-state index contributed by atoms with van der Waals surface area (Å²) in [5.74, 6) is -2.58. The highest BCUT2D eigenvalue weighted by Crippen LogP contribution is 2.26. The van der Waals surface area contributed by atoms with E-state index in [9.17, 15) is 13.2 Å². The van der Waals surface area contributed by atoms with Crippen molar-refractivity contribution in [1.29, 1.82) is 0 Å². The maximum absolute atomic E-state index is 13.8. The third-order valence-corrected chi connectivity index (χ3v) is 2.89. The molecule has 1 atom stereocenters. The van der Waals surface area contributed by atoms with E-state index in [1.54, 1.807) is 0 Å². The van der Waals surface area contributed by atoms with Gasteiger partial charge in [-0.15, -0.1) is 6.58 Å². The van der Waals surface area contributed by atoms with Crippen LogP contribution in [0.1, 0.15) is 44.7 Å². The molecule has 0 heterocycles. The smallest absolute Gasteiger partial charge is 0.133 e. The van der Waals surface area contributed by atoms with Gasteiger partial charge in [0.25, 0.3) is 0 Å². The highest BCUT2D eigenvalue weighted by Gasteiger charge is 2.20. The zero-order valence-corrected chi connectivity index (χ0v) is 11.4. The Morgan fingerprint density at radius 2 is 1.84 bits per heavy atom. The molecular weight excluding hydrogens is 251 g/mol. The molecule has 1 aromatic rings. The maximum atomic E-state index is 13.8. The number of allylic oxidation sites excluding steroid dienone is 1. The van der Waals surface area contributed by atoms with Crippen LogP contribution in [0, 0.1) is 17.5 Å². The maximum Gasteiger partial charge on any atom is 0.133 e. The van der Waals surface area contributed by atoms with Gasteiger partial charge in [-0.3, -0.25) is 0 Å². The van der Waals surface area contributed by atoms with Crippen LogP contribution >= 0.6 is 0 Å². The fourth-order valence-corrected chi connectivity index (χ4v) is 1.94. The largest absolute Gasteiger partial charge is 0.310 e. The van der Waals surface area contributed by atoms with Crippen molar-refractivity contribution >= 4 is 0 Å². The molecule has 4 heteroatoms.